The normalized spacial score (nSPS) is 48.6. The summed E-state index contributed by atoms with van der Waals surface area (Å²) in [7, 11) is 0. The maximum Gasteiger partial charge on any atom is 0.331 e. The van der Waals surface area contributed by atoms with Crippen LogP contribution < -0.4 is 0 Å². The average Bonchev–Trinajstić information content (AvgIpc) is 3.27. The Balaban J connectivity index is 1.43. The minimum Gasteiger partial charge on any atom is -0.458 e. The van der Waals surface area contributed by atoms with E-state index < -0.39 is 22.2 Å². The van der Waals surface area contributed by atoms with Crippen LogP contribution in [0.2, 0.25) is 0 Å². The van der Waals surface area contributed by atoms with Crippen molar-refractivity contribution in [3.8, 4) is 0 Å². The molecule has 4 saturated carbocycles. The fourth-order valence-corrected chi connectivity index (χ4v) is 8.51. The molecule has 4 fully saturated rings. The van der Waals surface area contributed by atoms with Crippen LogP contribution in [0.1, 0.15) is 64.7 Å². The first-order chi connectivity index (χ1) is 14.7. The highest BCUT2D eigenvalue weighted by Crippen LogP contribution is 2.69. The lowest BCUT2D eigenvalue weighted by Gasteiger charge is -2.63. The van der Waals surface area contributed by atoms with Crippen molar-refractivity contribution in [2.24, 2.45) is 34.5 Å². The summed E-state index contributed by atoms with van der Waals surface area (Å²) in [6.45, 7) is 2.48. The summed E-state index contributed by atoms with van der Waals surface area (Å²) in [6, 6.07) is 0. The largest absolute Gasteiger partial charge is 0.458 e. The van der Waals surface area contributed by atoms with Crippen molar-refractivity contribution in [1.29, 1.82) is 0 Å². The van der Waals surface area contributed by atoms with Gasteiger partial charge in [-0.15, -0.1) is 10.1 Å². The SMILES string of the molecule is C[C@]12CC[C@H]3[C@@H](CC[C@H]4C[C@@H](O[N+](=O)[O-])CC[C@@]43C=O)[C@]1(O)CC[C@@H]2C1=CC(=O)OC1. The zero-order valence-corrected chi connectivity index (χ0v) is 18.0. The molecule has 0 saturated heterocycles. The van der Waals surface area contributed by atoms with Gasteiger partial charge in [-0.2, -0.15) is 0 Å². The lowest BCUT2D eigenvalue weighted by atomic mass is 9.43. The third kappa shape index (κ3) is 2.82. The molecule has 8 heteroatoms. The third-order valence-corrected chi connectivity index (χ3v) is 9.96. The Morgan fingerprint density at radius 1 is 1.19 bits per heavy atom. The molecule has 8 atom stereocenters. The average molecular weight is 434 g/mol. The number of carbonyl (C=O) groups excluding carboxylic acids is 2. The highest BCUT2D eigenvalue weighted by molar-refractivity contribution is 5.85. The number of nitrogens with zero attached hydrogens (tertiary/aromatic N) is 1. The molecular weight excluding hydrogens is 402 g/mol. The van der Waals surface area contributed by atoms with Crippen LogP contribution >= 0.6 is 0 Å². The lowest BCUT2D eigenvalue weighted by Crippen LogP contribution is -2.63. The zero-order valence-electron chi connectivity index (χ0n) is 18.0. The highest BCUT2D eigenvalue weighted by Gasteiger charge is 2.68. The van der Waals surface area contributed by atoms with Gasteiger partial charge < -0.3 is 19.5 Å². The Labute approximate surface area is 181 Å². The number of aliphatic hydroxyl groups is 1. The van der Waals surface area contributed by atoms with Crippen LogP contribution in [0.25, 0.3) is 0 Å². The van der Waals surface area contributed by atoms with Gasteiger partial charge in [0.2, 0.25) is 0 Å². The first-order valence-corrected chi connectivity index (χ1v) is 11.6. The molecule has 0 aromatic carbocycles. The van der Waals surface area contributed by atoms with E-state index in [0.717, 1.165) is 44.0 Å². The fraction of sp³-hybridized carbons (Fsp3) is 0.826. The Bertz CT molecular complexity index is 842. The summed E-state index contributed by atoms with van der Waals surface area (Å²) in [6.07, 6.45) is 8.68. The molecular formula is C23H31NO7. The van der Waals surface area contributed by atoms with E-state index in [0.29, 0.717) is 32.3 Å². The molecule has 31 heavy (non-hydrogen) atoms. The van der Waals surface area contributed by atoms with Crippen molar-refractivity contribution < 1.29 is 29.4 Å². The van der Waals surface area contributed by atoms with E-state index in [9.17, 15) is 24.8 Å². The van der Waals surface area contributed by atoms with Gasteiger partial charge in [0, 0.05) is 16.9 Å². The second-order valence-corrected chi connectivity index (χ2v) is 10.7. The minimum atomic E-state index is -0.873. The van der Waals surface area contributed by atoms with Crippen molar-refractivity contribution in [3.05, 3.63) is 21.8 Å². The Morgan fingerprint density at radius 3 is 2.68 bits per heavy atom. The van der Waals surface area contributed by atoms with Crippen molar-refractivity contribution in [2.75, 3.05) is 6.61 Å². The Hall–Kier alpha value is -1.96. The number of esters is 1. The monoisotopic (exact) mass is 433 g/mol. The number of aldehydes is 1. The van der Waals surface area contributed by atoms with Gasteiger partial charge in [0.05, 0.1) is 5.60 Å². The summed E-state index contributed by atoms with van der Waals surface area (Å²) in [5.74, 6) is 0.0198. The molecule has 0 unspecified atom stereocenters. The van der Waals surface area contributed by atoms with E-state index in [2.05, 4.69) is 6.92 Å². The van der Waals surface area contributed by atoms with E-state index in [-0.39, 0.29) is 35.1 Å². The van der Waals surface area contributed by atoms with Crippen LogP contribution in [-0.4, -0.2) is 40.8 Å². The zero-order chi connectivity index (χ0) is 22.0. The Morgan fingerprint density at radius 2 is 2.00 bits per heavy atom. The standard InChI is InChI=1S/C23H31NO7/c1-21-7-5-18-19(23(21,27)9-6-17(21)14-10-20(26)30-12-14)3-2-15-11-16(31-24(28)29)4-8-22(15,18)13-25/h10,13,15-19,27H,2-9,11-12H2,1H3/t15-,16-,17+,18-,19+,21+,22+,23+/m0/s1. The topological polar surface area (TPSA) is 116 Å². The van der Waals surface area contributed by atoms with Crippen LogP contribution in [0.5, 0.6) is 0 Å². The highest BCUT2D eigenvalue weighted by atomic mass is 17.0. The van der Waals surface area contributed by atoms with Gasteiger partial charge in [0.15, 0.2) is 0 Å². The van der Waals surface area contributed by atoms with E-state index in [1.54, 1.807) is 6.08 Å². The molecule has 1 heterocycles. The molecule has 0 radical (unpaired) electrons. The van der Waals surface area contributed by atoms with Crippen LogP contribution in [0.15, 0.2) is 11.6 Å². The van der Waals surface area contributed by atoms with Crippen LogP contribution in [0.3, 0.4) is 0 Å². The van der Waals surface area contributed by atoms with Crippen LogP contribution in [0, 0.1) is 44.6 Å². The molecule has 4 aliphatic carbocycles. The summed E-state index contributed by atoms with van der Waals surface area (Å²) in [5.41, 5.74) is -0.739. The van der Waals surface area contributed by atoms with Crippen molar-refractivity contribution >= 4 is 12.3 Å². The summed E-state index contributed by atoms with van der Waals surface area (Å²) >= 11 is 0. The minimum absolute atomic E-state index is 0.0318. The number of ether oxygens (including phenoxy) is 1. The van der Waals surface area contributed by atoms with Gasteiger partial charge in [-0.25, -0.2) is 4.79 Å². The predicted octanol–water partition coefficient (Wildman–Crippen LogP) is 3.00. The van der Waals surface area contributed by atoms with Crippen molar-refractivity contribution in [3.63, 3.8) is 0 Å². The van der Waals surface area contributed by atoms with E-state index in [1.807, 2.05) is 0 Å². The van der Waals surface area contributed by atoms with Gasteiger partial charge in [-0.1, -0.05) is 6.92 Å². The summed E-state index contributed by atoms with van der Waals surface area (Å²) < 4.78 is 5.16. The number of fused-ring (bicyclic) bond motifs is 5. The molecule has 0 spiro atoms. The number of cyclic esters (lactones) is 1. The molecule has 0 bridgehead atoms. The van der Waals surface area contributed by atoms with Crippen LogP contribution in [-0.2, 0) is 19.2 Å². The molecule has 0 aromatic heterocycles. The smallest absolute Gasteiger partial charge is 0.331 e. The molecule has 170 valence electrons. The Kier molecular flexibility index (Phi) is 4.74. The maximum atomic E-state index is 12.6. The molecule has 1 aliphatic heterocycles. The van der Waals surface area contributed by atoms with Gasteiger partial charge in [-0.3, -0.25) is 0 Å². The molecule has 8 nitrogen and oxygen atoms in total. The van der Waals surface area contributed by atoms with Gasteiger partial charge in [0.25, 0.3) is 5.09 Å². The van der Waals surface area contributed by atoms with Gasteiger partial charge in [-0.05, 0) is 87.0 Å². The first kappa shape index (κ1) is 20.9. The molecule has 1 N–H and O–H groups in total. The van der Waals surface area contributed by atoms with Crippen molar-refractivity contribution in [1.82, 2.24) is 0 Å². The second-order valence-electron chi connectivity index (χ2n) is 10.7. The lowest BCUT2D eigenvalue weighted by molar-refractivity contribution is -0.769. The number of hydrogen-bond acceptors (Lipinski definition) is 7. The van der Waals surface area contributed by atoms with Gasteiger partial charge >= 0.3 is 5.97 Å². The number of carbonyl (C=O) groups is 2. The van der Waals surface area contributed by atoms with Crippen LogP contribution in [0.4, 0.5) is 0 Å². The third-order valence-electron chi connectivity index (χ3n) is 9.96. The summed E-state index contributed by atoms with van der Waals surface area (Å²) in [4.78, 5) is 39.9. The van der Waals surface area contributed by atoms with E-state index in [4.69, 9.17) is 9.57 Å². The number of hydrogen-bond donors (Lipinski definition) is 1. The maximum absolute atomic E-state index is 12.6. The molecule has 5 aliphatic rings. The second kappa shape index (κ2) is 7.02. The fourth-order valence-electron chi connectivity index (χ4n) is 8.51. The molecule has 5 rings (SSSR count). The van der Waals surface area contributed by atoms with E-state index in [1.165, 1.54) is 0 Å². The quantitative estimate of drug-likeness (QED) is 0.313. The van der Waals surface area contributed by atoms with Gasteiger partial charge in [0.1, 0.15) is 19.0 Å². The predicted molar refractivity (Wildman–Crippen MR) is 108 cm³/mol. The molecule has 0 aromatic rings. The first-order valence-electron chi connectivity index (χ1n) is 11.6. The molecule has 0 amide bonds. The van der Waals surface area contributed by atoms with Crippen molar-refractivity contribution in [2.45, 2.75) is 76.4 Å². The summed E-state index contributed by atoms with van der Waals surface area (Å²) in [5, 5.41) is 22.2. The number of rotatable bonds is 4. The van der Waals surface area contributed by atoms with E-state index >= 15 is 0 Å².